The van der Waals surface area contributed by atoms with E-state index in [1.165, 1.54) is 5.56 Å². The molecule has 0 bridgehead atoms. The number of nitrogens with zero attached hydrogens (tertiary/aromatic N) is 4. The molecule has 6 nitrogen and oxygen atoms in total. The van der Waals surface area contributed by atoms with E-state index in [-0.39, 0.29) is 18.8 Å². The maximum atomic E-state index is 12.6. The lowest BCUT2D eigenvalue weighted by Gasteiger charge is -2.30. The molecule has 9 heteroatoms. The molecule has 0 unspecified atom stereocenters. The Labute approximate surface area is 217 Å². The van der Waals surface area contributed by atoms with E-state index in [0.717, 1.165) is 70.3 Å². The van der Waals surface area contributed by atoms with E-state index >= 15 is 0 Å². The molecule has 1 aliphatic carbocycles. The first-order chi connectivity index (χ1) is 17.7. The van der Waals surface area contributed by atoms with E-state index in [1.54, 1.807) is 25.4 Å². The Kier molecular flexibility index (Phi) is 9.51. The summed E-state index contributed by atoms with van der Waals surface area (Å²) in [4.78, 5) is 27.5. The van der Waals surface area contributed by atoms with Crippen LogP contribution in [0, 0.1) is 18.8 Å². The van der Waals surface area contributed by atoms with Crippen LogP contribution in [0.4, 0.5) is 13.2 Å². The first kappa shape index (κ1) is 27.5. The number of aromatic nitrogens is 3. The van der Waals surface area contributed by atoms with Gasteiger partial charge in [0.1, 0.15) is 12.4 Å². The molecule has 2 aromatic rings. The maximum Gasteiger partial charge on any atom is 0.389 e. The van der Waals surface area contributed by atoms with Gasteiger partial charge in [0.25, 0.3) is 0 Å². The Bertz CT molecular complexity index is 1020. The highest BCUT2D eigenvalue weighted by atomic mass is 19.4. The summed E-state index contributed by atoms with van der Waals surface area (Å²) in [5, 5.41) is 0. The molecule has 1 saturated carbocycles. The van der Waals surface area contributed by atoms with Crippen molar-refractivity contribution in [1.82, 2.24) is 19.9 Å². The van der Waals surface area contributed by atoms with Crippen LogP contribution in [0.2, 0.25) is 0 Å². The lowest BCUT2D eigenvalue weighted by atomic mass is 9.78. The van der Waals surface area contributed by atoms with Crippen molar-refractivity contribution in [2.75, 3.05) is 26.2 Å². The van der Waals surface area contributed by atoms with Gasteiger partial charge in [-0.15, -0.1) is 0 Å². The molecule has 2 aromatic heterocycles. The van der Waals surface area contributed by atoms with Crippen molar-refractivity contribution in [2.24, 2.45) is 11.8 Å². The summed E-state index contributed by atoms with van der Waals surface area (Å²) in [6, 6.07) is 3.73. The highest BCUT2D eigenvalue weighted by Gasteiger charge is 2.27. The van der Waals surface area contributed by atoms with Crippen molar-refractivity contribution < 1.29 is 22.7 Å². The molecule has 0 spiro atoms. The number of halogens is 3. The number of fused-ring (bicyclic) bond motifs is 1. The van der Waals surface area contributed by atoms with Crippen LogP contribution >= 0.6 is 0 Å². The molecule has 0 amide bonds. The van der Waals surface area contributed by atoms with E-state index in [4.69, 9.17) is 4.74 Å². The van der Waals surface area contributed by atoms with Gasteiger partial charge in [0.15, 0.2) is 11.5 Å². The molecule has 3 heterocycles. The first-order valence-corrected chi connectivity index (χ1v) is 13.4. The number of ether oxygens (including phenoxy) is 1. The lowest BCUT2D eigenvalue weighted by molar-refractivity contribution is -0.134. The smallest absolute Gasteiger partial charge is 0.389 e. The Morgan fingerprint density at radius 2 is 1.76 bits per heavy atom. The van der Waals surface area contributed by atoms with Gasteiger partial charge in [0.05, 0.1) is 12.4 Å². The van der Waals surface area contributed by atoms with Crippen LogP contribution in [-0.4, -0.2) is 58.1 Å². The number of hydrogen-bond acceptors (Lipinski definition) is 6. The Balaban J connectivity index is 1.13. The number of carbonyl (C=O) groups excluding carboxylic acids is 1. The average molecular weight is 519 g/mol. The van der Waals surface area contributed by atoms with Crippen LogP contribution in [0.1, 0.15) is 67.7 Å². The largest absolute Gasteiger partial charge is 0.483 e. The molecule has 4 rings (SSSR count). The van der Waals surface area contributed by atoms with E-state index in [0.29, 0.717) is 35.5 Å². The van der Waals surface area contributed by atoms with Crippen molar-refractivity contribution in [1.29, 1.82) is 0 Å². The molecule has 0 N–H and O–H groups in total. The summed E-state index contributed by atoms with van der Waals surface area (Å²) in [5.41, 5.74) is 2.67. The fraction of sp³-hybridized carbons (Fsp3) is 0.643. The number of alkyl halides is 3. The second-order valence-electron chi connectivity index (χ2n) is 10.5. The van der Waals surface area contributed by atoms with Gasteiger partial charge in [-0.2, -0.15) is 13.2 Å². The summed E-state index contributed by atoms with van der Waals surface area (Å²) < 4.78 is 43.2. The van der Waals surface area contributed by atoms with Crippen molar-refractivity contribution in [3.63, 3.8) is 0 Å². The van der Waals surface area contributed by atoms with E-state index in [9.17, 15) is 18.0 Å². The third kappa shape index (κ3) is 9.05. The summed E-state index contributed by atoms with van der Waals surface area (Å²) in [6.45, 7) is 4.78. The first-order valence-electron chi connectivity index (χ1n) is 13.4. The Morgan fingerprint density at radius 1 is 1.05 bits per heavy atom. The number of carbonyl (C=O) groups is 1. The zero-order chi connectivity index (χ0) is 26.3. The van der Waals surface area contributed by atoms with Crippen molar-refractivity contribution in [3.8, 4) is 5.75 Å². The molecule has 0 aromatic carbocycles. The van der Waals surface area contributed by atoms with Crippen LogP contribution in [0.25, 0.3) is 0 Å². The van der Waals surface area contributed by atoms with Gasteiger partial charge in [-0.3, -0.25) is 9.78 Å². The second kappa shape index (κ2) is 12.8. The third-order valence-electron chi connectivity index (χ3n) is 7.65. The number of hydrogen-bond donors (Lipinski definition) is 0. The zero-order valence-corrected chi connectivity index (χ0v) is 21.6. The van der Waals surface area contributed by atoms with Crippen LogP contribution in [0.15, 0.2) is 24.5 Å². The van der Waals surface area contributed by atoms with Gasteiger partial charge < -0.3 is 9.64 Å². The number of ketones is 1. The molecule has 2 aliphatic rings. The van der Waals surface area contributed by atoms with Gasteiger partial charge >= 0.3 is 6.18 Å². The van der Waals surface area contributed by atoms with Gasteiger partial charge in [0, 0.05) is 43.7 Å². The quantitative estimate of drug-likeness (QED) is 0.425. The van der Waals surface area contributed by atoms with Crippen molar-refractivity contribution in [2.45, 2.75) is 77.3 Å². The number of aryl methyl sites for hydroxylation is 2. The van der Waals surface area contributed by atoms with Gasteiger partial charge in [0.2, 0.25) is 0 Å². The molecular weight excluding hydrogens is 481 g/mol. The standard InChI is InChI=1S/C28H37F3N4O2/c1-20-32-17-26(18-33-20)37-19-25(36)16-22-4-2-21(3-5-22)9-13-35-14-10-23-6-7-24(8-12-28(29,30)31)34-27(23)11-15-35/h6-7,17-18,21-22H,2-5,8-16,19H2,1H3. The van der Waals surface area contributed by atoms with Crippen molar-refractivity contribution in [3.05, 3.63) is 47.3 Å². The van der Waals surface area contributed by atoms with Crippen LogP contribution in [0.5, 0.6) is 5.75 Å². The third-order valence-corrected chi connectivity index (χ3v) is 7.65. The monoisotopic (exact) mass is 518 g/mol. The fourth-order valence-corrected chi connectivity index (χ4v) is 5.40. The predicted octanol–water partition coefficient (Wildman–Crippen LogP) is 5.31. The highest BCUT2D eigenvalue weighted by molar-refractivity contribution is 5.80. The topological polar surface area (TPSA) is 68.2 Å². The Hall–Kier alpha value is -2.55. The van der Waals surface area contributed by atoms with Crippen LogP contribution in [0.3, 0.4) is 0 Å². The highest BCUT2D eigenvalue weighted by Crippen LogP contribution is 2.33. The SMILES string of the molecule is Cc1ncc(OCC(=O)CC2CCC(CCN3CCc4ccc(CCC(F)(F)F)nc4CC3)CC2)cn1. The lowest BCUT2D eigenvalue weighted by Crippen LogP contribution is -2.30. The van der Waals surface area contributed by atoms with Crippen LogP contribution < -0.4 is 4.74 Å². The summed E-state index contributed by atoms with van der Waals surface area (Å²) in [5.74, 6) is 2.45. The molecule has 0 radical (unpaired) electrons. The summed E-state index contributed by atoms with van der Waals surface area (Å²) in [6.07, 6.45) is 6.06. The van der Waals surface area contributed by atoms with Gasteiger partial charge in [-0.1, -0.05) is 18.9 Å². The van der Waals surface area contributed by atoms with E-state index in [1.807, 2.05) is 6.07 Å². The minimum atomic E-state index is -4.15. The molecule has 1 aliphatic heterocycles. The second-order valence-corrected chi connectivity index (χ2v) is 10.5. The van der Waals surface area contributed by atoms with E-state index in [2.05, 4.69) is 19.9 Å². The number of rotatable bonds is 10. The van der Waals surface area contributed by atoms with Crippen LogP contribution in [-0.2, 0) is 24.1 Å². The molecule has 1 fully saturated rings. The van der Waals surface area contributed by atoms with Gasteiger partial charge in [-0.25, -0.2) is 9.97 Å². The van der Waals surface area contributed by atoms with E-state index < -0.39 is 12.6 Å². The molecule has 0 atom stereocenters. The minimum absolute atomic E-state index is 0.0521. The predicted molar refractivity (Wildman–Crippen MR) is 134 cm³/mol. The molecule has 37 heavy (non-hydrogen) atoms. The molecular formula is C28H37F3N4O2. The minimum Gasteiger partial charge on any atom is -0.483 e. The maximum absolute atomic E-state index is 12.6. The van der Waals surface area contributed by atoms with Gasteiger partial charge in [-0.05, 0) is 69.0 Å². The molecule has 202 valence electrons. The summed E-state index contributed by atoms with van der Waals surface area (Å²) in [7, 11) is 0. The zero-order valence-electron chi connectivity index (χ0n) is 21.6. The fourth-order valence-electron chi connectivity index (χ4n) is 5.40. The summed E-state index contributed by atoms with van der Waals surface area (Å²) >= 11 is 0. The Morgan fingerprint density at radius 3 is 2.49 bits per heavy atom. The number of Topliss-reactive ketones (excluding diaryl/α,β-unsaturated/α-hetero) is 1. The van der Waals surface area contributed by atoms with Crippen molar-refractivity contribution >= 4 is 5.78 Å². The number of pyridine rings is 1. The average Bonchev–Trinajstić information content (AvgIpc) is 3.08. The molecule has 0 saturated heterocycles. The normalized spacial score (nSPS) is 20.8.